The number of imide groups is 1. The van der Waals surface area contributed by atoms with E-state index >= 15 is 0 Å². The quantitative estimate of drug-likeness (QED) is 0.780. The molecule has 1 N–H and O–H groups in total. The van der Waals surface area contributed by atoms with Crippen LogP contribution in [0.4, 0.5) is 10.7 Å². The van der Waals surface area contributed by atoms with E-state index in [9.17, 15) is 14.4 Å². The second-order valence-corrected chi connectivity index (χ2v) is 6.56. The highest BCUT2D eigenvalue weighted by atomic mass is 16.2. The van der Waals surface area contributed by atoms with Crippen molar-refractivity contribution in [1.29, 1.82) is 0 Å². The predicted octanol–water partition coefficient (Wildman–Crippen LogP) is 0.604. The Balaban J connectivity index is 1.25. The third-order valence-electron chi connectivity index (χ3n) is 4.89. The third-order valence-corrected chi connectivity index (χ3v) is 4.89. The molecule has 2 aliphatic heterocycles. The Hall–Kier alpha value is -3.49. The van der Waals surface area contributed by atoms with Gasteiger partial charge < -0.3 is 15.1 Å². The number of hydrogen-bond donors (Lipinski definition) is 1. The van der Waals surface area contributed by atoms with Crippen LogP contribution in [-0.2, 0) is 0 Å². The van der Waals surface area contributed by atoms with Gasteiger partial charge in [-0.1, -0.05) is 12.1 Å². The first kappa shape index (κ1) is 17.9. The van der Waals surface area contributed by atoms with Crippen LogP contribution in [0.5, 0.6) is 0 Å². The molecule has 2 aliphatic rings. The van der Waals surface area contributed by atoms with Gasteiger partial charge in [-0.15, -0.1) is 0 Å². The average molecular weight is 380 g/mol. The predicted molar refractivity (Wildman–Crippen MR) is 101 cm³/mol. The van der Waals surface area contributed by atoms with Crippen LogP contribution in [-0.4, -0.2) is 76.9 Å². The molecule has 1 aromatic heterocycles. The molecule has 4 amide bonds. The number of amides is 4. The lowest BCUT2D eigenvalue weighted by Gasteiger charge is -2.34. The maximum Gasteiger partial charge on any atom is 0.317 e. The van der Waals surface area contributed by atoms with Crippen LogP contribution < -0.4 is 10.2 Å². The summed E-state index contributed by atoms with van der Waals surface area (Å²) >= 11 is 0. The molecule has 1 aromatic carbocycles. The van der Waals surface area contributed by atoms with Crippen molar-refractivity contribution >= 4 is 23.8 Å². The molecular weight excluding hydrogens is 360 g/mol. The summed E-state index contributed by atoms with van der Waals surface area (Å²) in [4.78, 5) is 50.4. The first-order valence-corrected chi connectivity index (χ1v) is 9.15. The second-order valence-electron chi connectivity index (χ2n) is 6.56. The van der Waals surface area contributed by atoms with Gasteiger partial charge in [-0.3, -0.25) is 14.5 Å². The number of benzene rings is 1. The number of rotatable bonds is 4. The Morgan fingerprint density at radius 3 is 2.14 bits per heavy atom. The van der Waals surface area contributed by atoms with Gasteiger partial charge in [0.15, 0.2) is 0 Å². The van der Waals surface area contributed by atoms with Crippen LogP contribution in [0.2, 0.25) is 0 Å². The van der Waals surface area contributed by atoms with E-state index in [-0.39, 0.29) is 30.9 Å². The highest BCUT2D eigenvalue weighted by molar-refractivity contribution is 6.21. The summed E-state index contributed by atoms with van der Waals surface area (Å²) in [6.45, 7) is 2.77. The molecule has 1 fully saturated rings. The Labute approximate surface area is 162 Å². The summed E-state index contributed by atoms with van der Waals surface area (Å²) in [5.74, 6) is 0.0332. The molecule has 0 unspecified atom stereocenters. The van der Waals surface area contributed by atoms with E-state index in [0.717, 1.165) is 0 Å². The molecule has 144 valence electrons. The van der Waals surface area contributed by atoms with Gasteiger partial charge in [-0.05, 0) is 18.2 Å². The molecule has 0 bridgehead atoms. The first-order chi connectivity index (χ1) is 13.6. The third kappa shape index (κ3) is 3.38. The van der Waals surface area contributed by atoms with Crippen LogP contribution in [0.1, 0.15) is 20.7 Å². The Bertz CT molecular complexity index is 861. The molecule has 0 saturated carbocycles. The molecule has 3 heterocycles. The number of piperazine rings is 1. The lowest BCUT2D eigenvalue weighted by Crippen LogP contribution is -2.53. The van der Waals surface area contributed by atoms with E-state index < -0.39 is 0 Å². The average Bonchev–Trinajstić information content (AvgIpc) is 2.99. The number of aromatic nitrogens is 2. The van der Waals surface area contributed by atoms with Crippen LogP contribution in [0.25, 0.3) is 0 Å². The molecule has 9 heteroatoms. The fourth-order valence-electron chi connectivity index (χ4n) is 3.39. The number of nitrogens with one attached hydrogen (secondary N) is 1. The second kappa shape index (κ2) is 7.63. The van der Waals surface area contributed by atoms with Gasteiger partial charge in [0, 0.05) is 51.7 Å². The van der Waals surface area contributed by atoms with Crippen molar-refractivity contribution in [2.45, 2.75) is 0 Å². The standard InChI is InChI=1S/C19H20N6O3/c26-16-14-4-1-2-5-15(14)17(27)25(16)9-8-22-19(28)24-12-10-23(11-13-24)18-20-6-3-7-21-18/h1-7H,8-13H2,(H,22,28). The number of nitrogens with zero attached hydrogens (tertiary/aromatic N) is 5. The summed E-state index contributed by atoms with van der Waals surface area (Å²) in [7, 11) is 0. The number of fused-ring (bicyclic) bond motifs is 1. The Morgan fingerprint density at radius 1 is 0.929 bits per heavy atom. The topological polar surface area (TPSA) is 98.7 Å². The summed E-state index contributed by atoms with van der Waals surface area (Å²) in [5, 5.41) is 2.79. The number of hydrogen-bond acceptors (Lipinski definition) is 6. The lowest BCUT2D eigenvalue weighted by molar-refractivity contribution is 0.0655. The molecule has 0 radical (unpaired) electrons. The van der Waals surface area contributed by atoms with Crippen molar-refractivity contribution in [3.63, 3.8) is 0 Å². The highest BCUT2D eigenvalue weighted by Gasteiger charge is 2.34. The minimum Gasteiger partial charge on any atom is -0.337 e. The van der Waals surface area contributed by atoms with Crippen LogP contribution in [0, 0.1) is 0 Å². The minimum atomic E-state index is -0.314. The lowest BCUT2D eigenvalue weighted by atomic mass is 10.1. The van der Waals surface area contributed by atoms with Gasteiger partial charge in [0.25, 0.3) is 11.8 Å². The fraction of sp³-hybridized carbons (Fsp3) is 0.316. The van der Waals surface area contributed by atoms with E-state index in [1.54, 1.807) is 47.6 Å². The monoisotopic (exact) mass is 380 g/mol. The zero-order valence-corrected chi connectivity index (χ0v) is 15.2. The van der Waals surface area contributed by atoms with Crippen molar-refractivity contribution in [3.05, 3.63) is 53.9 Å². The molecule has 0 atom stereocenters. The first-order valence-electron chi connectivity index (χ1n) is 9.15. The molecule has 9 nitrogen and oxygen atoms in total. The summed E-state index contributed by atoms with van der Waals surface area (Å²) < 4.78 is 0. The van der Waals surface area contributed by atoms with E-state index in [0.29, 0.717) is 43.3 Å². The molecule has 0 spiro atoms. The fourth-order valence-corrected chi connectivity index (χ4v) is 3.39. The van der Waals surface area contributed by atoms with E-state index in [1.807, 2.05) is 4.90 Å². The molecule has 2 aromatic rings. The number of carbonyl (C=O) groups is 3. The maximum absolute atomic E-state index is 12.4. The van der Waals surface area contributed by atoms with E-state index in [4.69, 9.17) is 0 Å². The SMILES string of the molecule is O=C(NCCN1C(=O)c2ccccc2C1=O)N1CCN(c2ncccn2)CC1. The number of carbonyl (C=O) groups excluding carboxylic acids is 3. The van der Waals surface area contributed by atoms with Crippen LogP contribution >= 0.6 is 0 Å². The van der Waals surface area contributed by atoms with Crippen LogP contribution in [0.15, 0.2) is 42.7 Å². The molecule has 0 aliphatic carbocycles. The van der Waals surface area contributed by atoms with Gasteiger partial charge in [-0.25, -0.2) is 14.8 Å². The minimum absolute atomic E-state index is 0.149. The van der Waals surface area contributed by atoms with E-state index in [2.05, 4.69) is 15.3 Å². The van der Waals surface area contributed by atoms with Gasteiger partial charge in [-0.2, -0.15) is 0 Å². The van der Waals surface area contributed by atoms with E-state index in [1.165, 1.54) is 4.90 Å². The summed E-state index contributed by atoms with van der Waals surface area (Å²) in [6.07, 6.45) is 3.39. The zero-order chi connectivity index (χ0) is 19.5. The Morgan fingerprint density at radius 2 is 1.54 bits per heavy atom. The van der Waals surface area contributed by atoms with Crippen molar-refractivity contribution in [3.8, 4) is 0 Å². The molecule has 28 heavy (non-hydrogen) atoms. The molecule has 4 rings (SSSR count). The number of urea groups is 1. The largest absolute Gasteiger partial charge is 0.337 e. The van der Waals surface area contributed by atoms with Crippen molar-refractivity contribution in [1.82, 2.24) is 25.1 Å². The van der Waals surface area contributed by atoms with Crippen molar-refractivity contribution in [2.75, 3.05) is 44.2 Å². The van der Waals surface area contributed by atoms with Gasteiger partial charge in [0.2, 0.25) is 5.95 Å². The smallest absolute Gasteiger partial charge is 0.317 e. The summed E-state index contributed by atoms with van der Waals surface area (Å²) in [6, 6.07) is 8.31. The summed E-state index contributed by atoms with van der Waals surface area (Å²) in [5.41, 5.74) is 0.830. The normalized spacial score (nSPS) is 16.4. The van der Waals surface area contributed by atoms with Crippen molar-refractivity contribution < 1.29 is 14.4 Å². The van der Waals surface area contributed by atoms with Gasteiger partial charge in [0.05, 0.1) is 11.1 Å². The zero-order valence-electron chi connectivity index (χ0n) is 15.2. The van der Waals surface area contributed by atoms with Gasteiger partial charge >= 0.3 is 6.03 Å². The molecular formula is C19H20N6O3. The van der Waals surface area contributed by atoms with Crippen LogP contribution in [0.3, 0.4) is 0 Å². The Kier molecular flexibility index (Phi) is 4.88. The van der Waals surface area contributed by atoms with Gasteiger partial charge in [0.1, 0.15) is 0 Å². The highest BCUT2D eigenvalue weighted by Crippen LogP contribution is 2.21. The maximum atomic E-state index is 12.4. The number of anilines is 1. The molecule has 1 saturated heterocycles. The van der Waals surface area contributed by atoms with Crippen molar-refractivity contribution in [2.24, 2.45) is 0 Å².